The van der Waals surface area contributed by atoms with Gasteiger partial charge in [0.05, 0.1) is 17.1 Å². The number of rotatable bonds is 3. The summed E-state index contributed by atoms with van der Waals surface area (Å²) in [5, 5.41) is 19.1. The van der Waals surface area contributed by atoms with Gasteiger partial charge in [0.1, 0.15) is 11.6 Å². The highest BCUT2D eigenvalue weighted by molar-refractivity contribution is 5.92. The second kappa shape index (κ2) is 5.03. The SMILES string of the molecule is CCOC(=O)c1ccc([N+](=O)[O-])c(F)c1C#N. The van der Waals surface area contributed by atoms with Crippen molar-refractivity contribution < 1.29 is 18.8 Å². The van der Waals surface area contributed by atoms with E-state index in [1.165, 1.54) is 6.07 Å². The van der Waals surface area contributed by atoms with E-state index in [4.69, 9.17) is 5.26 Å². The van der Waals surface area contributed by atoms with Crippen LogP contribution < -0.4 is 0 Å². The van der Waals surface area contributed by atoms with E-state index in [0.717, 1.165) is 12.1 Å². The van der Waals surface area contributed by atoms with E-state index in [1.54, 1.807) is 6.92 Å². The summed E-state index contributed by atoms with van der Waals surface area (Å²) in [6.07, 6.45) is 0. The fraction of sp³-hybridized carbons (Fsp3) is 0.200. The number of benzene rings is 1. The van der Waals surface area contributed by atoms with Crippen LogP contribution in [0.1, 0.15) is 22.8 Å². The Morgan fingerprint density at radius 2 is 2.29 bits per heavy atom. The lowest BCUT2D eigenvalue weighted by molar-refractivity contribution is -0.387. The zero-order chi connectivity index (χ0) is 13.0. The molecule has 1 rings (SSSR count). The second-order valence-corrected chi connectivity index (χ2v) is 2.91. The summed E-state index contributed by atoms with van der Waals surface area (Å²) in [5.74, 6) is -2.22. The van der Waals surface area contributed by atoms with Crippen molar-refractivity contribution in [3.8, 4) is 6.07 Å². The Morgan fingerprint density at radius 3 is 2.76 bits per heavy atom. The minimum Gasteiger partial charge on any atom is -0.462 e. The minimum atomic E-state index is -1.33. The van der Waals surface area contributed by atoms with Crippen molar-refractivity contribution >= 4 is 11.7 Å². The van der Waals surface area contributed by atoms with E-state index in [9.17, 15) is 19.3 Å². The van der Waals surface area contributed by atoms with Gasteiger partial charge in [-0.3, -0.25) is 10.1 Å². The molecule has 6 nitrogen and oxygen atoms in total. The summed E-state index contributed by atoms with van der Waals surface area (Å²) >= 11 is 0. The maximum atomic E-state index is 13.5. The molecule has 0 aliphatic heterocycles. The van der Waals surface area contributed by atoms with Gasteiger partial charge in [-0.05, 0) is 13.0 Å². The van der Waals surface area contributed by atoms with Crippen molar-refractivity contribution in [3.63, 3.8) is 0 Å². The highest BCUT2D eigenvalue weighted by Gasteiger charge is 2.24. The van der Waals surface area contributed by atoms with E-state index >= 15 is 0 Å². The van der Waals surface area contributed by atoms with Crippen molar-refractivity contribution in [1.29, 1.82) is 5.26 Å². The Bertz CT molecular complexity index is 522. The fourth-order valence-corrected chi connectivity index (χ4v) is 1.19. The van der Waals surface area contributed by atoms with Crippen LogP contribution in [0.3, 0.4) is 0 Å². The van der Waals surface area contributed by atoms with Crippen LogP contribution in [-0.4, -0.2) is 17.5 Å². The molecule has 0 aromatic heterocycles. The van der Waals surface area contributed by atoms with Gasteiger partial charge >= 0.3 is 11.7 Å². The summed E-state index contributed by atoms with van der Waals surface area (Å²) in [4.78, 5) is 20.8. The highest BCUT2D eigenvalue weighted by atomic mass is 19.1. The normalized spacial score (nSPS) is 9.47. The van der Waals surface area contributed by atoms with Gasteiger partial charge in [0.2, 0.25) is 5.82 Å². The zero-order valence-corrected chi connectivity index (χ0v) is 8.77. The minimum absolute atomic E-state index is 0.0578. The summed E-state index contributed by atoms with van der Waals surface area (Å²) < 4.78 is 18.1. The first-order valence-corrected chi connectivity index (χ1v) is 4.57. The van der Waals surface area contributed by atoms with Gasteiger partial charge in [0, 0.05) is 6.07 Å². The Balaban J connectivity index is 3.37. The number of nitrogens with zero attached hydrogens (tertiary/aromatic N) is 2. The maximum absolute atomic E-state index is 13.5. The summed E-state index contributed by atoms with van der Waals surface area (Å²) in [5.41, 5.74) is -1.86. The molecule has 0 aliphatic rings. The lowest BCUT2D eigenvalue weighted by atomic mass is 10.1. The number of nitriles is 1. The van der Waals surface area contributed by atoms with Crippen LogP contribution in [0.25, 0.3) is 0 Å². The third-order valence-corrected chi connectivity index (χ3v) is 1.93. The zero-order valence-electron chi connectivity index (χ0n) is 8.77. The molecule has 7 heteroatoms. The topological polar surface area (TPSA) is 93.2 Å². The van der Waals surface area contributed by atoms with E-state index < -0.39 is 28.0 Å². The lowest BCUT2D eigenvalue weighted by Gasteiger charge is -2.04. The number of carbonyl (C=O) groups is 1. The van der Waals surface area contributed by atoms with E-state index in [-0.39, 0.29) is 12.2 Å². The van der Waals surface area contributed by atoms with Crippen LogP contribution >= 0.6 is 0 Å². The van der Waals surface area contributed by atoms with Crippen LogP contribution in [0.2, 0.25) is 0 Å². The van der Waals surface area contributed by atoms with Gasteiger partial charge in [-0.15, -0.1) is 0 Å². The molecule has 0 saturated heterocycles. The van der Waals surface area contributed by atoms with Crippen molar-refractivity contribution in [1.82, 2.24) is 0 Å². The number of carbonyl (C=O) groups excluding carboxylic acids is 1. The molecule has 0 bridgehead atoms. The Morgan fingerprint density at radius 1 is 1.65 bits per heavy atom. The quantitative estimate of drug-likeness (QED) is 0.454. The van der Waals surface area contributed by atoms with Gasteiger partial charge < -0.3 is 4.74 Å². The summed E-state index contributed by atoms with van der Waals surface area (Å²) in [6.45, 7) is 1.61. The molecular weight excluding hydrogens is 231 g/mol. The molecule has 0 atom stereocenters. The van der Waals surface area contributed by atoms with Crippen LogP contribution in [0.4, 0.5) is 10.1 Å². The van der Waals surface area contributed by atoms with Gasteiger partial charge in [-0.2, -0.15) is 9.65 Å². The first-order valence-electron chi connectivity index (χ1n) is 4.57. The van der Waals surface area contributed by atoms with E-state index in [0.29, 0.717) is 0 Å². The Kier molecular flexibility index (Phi) is 3.72. The second-order valence-electron chi connectivity index (χ2n) is 2.91. The van der Waals surface area contributed by atoms with Gasteiger partial charge in [-0.25, -0.2) is 4.79 Å². The molecule has 1 aromatic carbocycles. The molecule has 0 aliphatic carbocycles. The summed E-state index contributed by atoms with van der Waals surface area (Å²) in [7, 11) is 0. The predicted octanol–water partition coefficient (Wildman–Crippen LogP) is 1.78. The third kappa shape index (κ3) is 2.36. The standard InChI is InChI=1S/C10H7FN2O4/c1-2-17-10(14)6-3-4-8(13(15)16)9(11)7(6)5-12/h3-4H,2H2,1H3. The lowest BCUT2D eigenvalue weighted by Crippen LogP contribution is -2.09. The fourth-order valence-electron chi connectivity index (χ4n) is 1.19. The Labute approximate surface area is 95.4 Å². The number of halogens is 1. The molecule has 0 fully saturated rings. The molecular formula is C10H7FN2O4. The molecule has 88 valence electrons. The van der Waals surface area contributed by atoms with Crippen LogP contribution in [0.5, 0.6) is 0 Å². The van der Waals surface area contributed by atoms with Gasteiger partial charge in [0.25, 0.3) is 0 Å². The van der Waals surface area contributed by atoms with Gasteiger partial charge in [0.15, 0.2) is 0 Å². The number of esters is 1. The molecule has 0 spiro atoms. The molecule has 0 amide bonds. The average Bonchev–Trinajstić information content (AvgIpc) is 2.28. The number of hydrogen-bond donors (Lipinski definition) is 0. The molecule has 17 heavy (non-hydrogen) atoms. The molecule has 0 radical (unpaired) electrons. The molecule has 1 aromatic rings. The van der Waals surface area contributed by atoms with Crippen molar-refractivity contribution in [2.75, 3.05) is 6.61 Å². The third-order valence-electron chi connectivity index (χ3n) is 1.93. The molecule has 0 heterocycles. The summed E-state index contributed by atoms with van der Waals surface area (Å²) in [6, 6.07) is 3.24. The van der Waals surface area contributed by atoms with Crippen molar-refractivity contribution in [3.05, 3.63) is 39.2 Å². The smallest absolute Gasteiger partial charge is 0.339 e. The van der Waals surface area contributed by atoms with Crippen LogP contribution in [-0.2, 0) is 4.74 Å². The number of hydrogen-bond acceptors (Lipinski definition) is 5. The van der Waals surface area contributed by atoms with E-state index in [2.05, 4.69) is 4.74 Å². The first kappa shape index (κ1) is 12.6. The number of nitro groups is 1. The molecule has 0 N–H and O–H groups in total. The van der Waals surface area contributed by atoms with Crippen molar-refractivity contribution in [2.24, 2.45) is 0 Å². The van der Waals surface area contributed by atoms with Crippen LogP contribution in [0.15, 0.2) is 12.1 Å². The maximum Gasteiger partial charge on any atom is 0.339 e. The molecule has 0 saturated carbocycles. The monoisotopic (exact) mass is 238 g/mol. The first-order chi connectivity index (χ1) is 8.02. The molecule has 0 unspecified atom stereocenters. The number of nitro benzene ring substituents is 1. The largest absolute Gasteiger partial charge is 0.462 e. The van der Waals surface area contributed by atoms with E-state index in [1.807, 2.05) is 0 Å². The predicted molar refractivity (Wildman–Crippen MR) is 53.7 cm³/mol. The van der Waals surface area contributed by atoms with Crippen LogP contribution in [0, 0.1) is 27.3 Å². The number of ether oxygens (including phenoxy) is 1. The highest BCUT2D eigenvalue weighted by Crippen LogP contribution is 2.23. The Hall–Kier alpha value is -2.49. The van der Waals surface area contributed by atoms with Crippen molar-refractivity contribution in [2.45, 2.75) is 6.92 Å². The average molecular weight is 238 g/mol. The van der Waals surface area contributed by atoms with Gasteiger partial charge in [-0.1, -0.05) is 0 Å².